The lowest BCUT2D eigenvalue weighted by Crippen LogP contribution is -2.31. The molecule has 138 valence electrons. The van der Waals surface area contributed by atoms with E-state index in [-0.39, 0.29) is 5.91 Å². The summed E-state index contributed by atoms with van der Waals surface area (Å²) in [6, 6.07) is 4.03. The zero-order valence-electron chi connectivity index (χ0n) is 15.2. The third-order valence-electron chi connectivity index (χ3n) is 5.03. The van der Waals surface area contributed by atoms with Crippen molar-refractivity contribution >= 4 is 11.7 Å². The number of amides is 1. The summed E-state index contributed by atoms with van der Waals surface area (Å²) in [5, 5.41) is 0. The minimum absolute atomic E-state index is 0.284. The maximum absolute atomic E-state index is 12.5. The molecule has 1 atom stereocenters. The SMILES string of the molecule is Nc1cnc(CC2CCCN(C(=O)CCCc3ccncc3)CC2)cn1. The van der Waals surface area contributed by atoms with Crippen molar-refractivity contribution in [3.63, 3.8) is 0 Å². The number of aryl methyl sites for hydroxylation is 1. The highest BCUT2D eigenvalue weighted by molar-refractivity contribution is 5.76. The molecule has 3 heterocycles. The molecule has 0 spiro atoms. The molecule has 6 nitrogen and oxygen atoms in total. The summed E-state index contributed by atoms with van der Waals surface area (Å²) in [6.07, 6.45) is 13.6. The van der Waals surface area contributed by atoms with Crippen LogP contribution in [0.3, 0.4) is 0 Å². The number of carbonyl (C=O) groups excluding carboxylic acids is 1. The molecule has 26 heavy (non-hydrogen) atoms. The molecular weight excluding hydrogens is 326 g/mol. The fourth-order valence-electron chi connectivity index (χ4n) is 3.54. The van der Waals surface area contributed by atoms with Crippen molar-refractivity contribution in [3.8, 4) is 0 Å². The molecule has 0 aliphatic carbocycles. The van der Waals surface area contributed by atoms with E-state index in [4.69, 9.17) is 5.73 Å². The van der Waals surface area contributed by atoms with Gasteiger partial charge in [-0.3, -0.25) is 14.8 Å². The van der Waals surface area contributed by atoms with Crippen LogP contribution in [0.1, 0.15) is 43.4 Å². The number of nitrogens with zero attached hydrogens (tertiary/aromatic N) is 4. The maximum atomic E-state index is 12.5. The molecule has 1 unspecified atom stereocenters. The summed E-state index contributed by atoms with van der Waals surface area (Å²) in [4.78, 5) is 27.1. The van der Waals surface area contributed by atoms with E-state index in [0.717, 1.165) is 57.3 Å². The number of likely N-dealkylation sites (tertiary alicyclic amines) is 1. The molecule has 0 saturated carbocycles. The van der Waals surface area contributed by atoms with Gasteiger partial charge in [0.25, 0.3) is 0 Å². The van der Waals surface area contributed by atoms with E-state index >= 15 is 0 Å². The molecule has 1 aliphatic heterocycles. The highest BCUT2D eigenvalue weighted by Crippen LogP contribution is 2.22. The highest BCUT2D eigenvalue weighted by atomic mass is 16.2. The molecule has 3 rings (SSSR count). The fourth-order valence-corrected chi connectivity index (χ4v) is 3.54. The van der Waals surface area contributed by atoms with Crippen molar-refractivity contribution in [1.29, 1.82) is 0 Å². The summed E-state index contributed by atoms with van der Waals surface area (Å²) in [7, 11) is 0. The number of pyridine rings is 1. The number of nitrogens with two attached hydrogens (primary N) is 1. The molecule has 1 aliphatic rings. The van der Waals surface area contributed by atoms with Gasteiger partial charge in [-0.25, -0.2) is 4.98 Å². The Morgan fingerprint density at radius 3 is 2.77 bits per heavy atom. The van der Waals surface area contributed by atoms with Gasteiger partial charge in [-0.1, -0.05) is 0 Å². The van der Waals surface area contributed by atoms with Crippen LogP contribution in [0.4, 0.5) is 5.82 Å². The molecule has 1 amide bonds. The van der Waals surface area contributed by atoms with Gasteiger partial charge in [0.2, 0.25) is 5.91 Å². The molecule has 0 radical (unpaired) electrons. The van der Waals surface area contributed by atoms with Gasteiger partial charge in [0.15, 0.2) is 0 Å². The Bertz CT molecular complexity index is 689. The van der Waals surface area contributed by atoms with E-state index in [0.29, 0.717) is 18.2 Å². The summed E-state index contributed by atoms with van der Waals surface area (Å²) < 4.78 is 0. The standard InChI is InChI=1S/C20H27N5O/c21-19-15-23-18(14-24-19)13-17-4-2-11-25(12-8-17)20(26)5-1-3-16-6-9-22-10-7-16/h6-7,9-10,14-15,17H,1-5,8,11-13H2,(H2,21,24). The van der Waals surface area contributed by atoms with Crippen molar-refractivity contribution in [1.82, 2.24) is 19.9 Å². The molecule has 0 bridgehead atoms. The first kappa shape index (κ1) is 18.3. The third-order valence-corrected chi connectivity index (χ3v) is 5.03. The Hall–Kier alpha value is -2.50. The predicted molar refractivity (Wildman–Crippen MR) is 101 cm³/mol. The largest absolute Gasteiger partial charge is 0.382 e. The average molecular weight is 353 g/mol. The zero-order valence-corrected chi connectivity index (χ0v) is 15.2. The number of carbonyl (C=O) groups is 1. The lowest BCUT2D eigenvalue weighted by Gasteiger charge is -2.20. The summed E-state index contributed by atoms with van der Waals surface area (Å²) in [5.74, 6) is 1.30. The molecule has 1 saturated heterocycles. The molecule has 1 fully saturated rings. The van der Waals surface area contributed by atoms with Crippen LogP contribution in [0.25, 0.3) is 0 Å². The second kappa shape index (κ2) is 9.27. The second-order valence-electron chi connectivity index (χ2n) is 7.02. The summed E-state index contributed by atoms with van der Waals surface area (Å²) in [6.45, 7) is 1.72. The van der Waals surface area contributed by atoms with E-state index in [1.54, 1.807) is 24.8 Å². The van der Waals surface area contributed by atoms with Crippen LogP contribution in [-0.4, -0.2) is 38.8 Å². The van der Waals surface area contributed by atoms with Gasteiger partial charge >= 0.3 is 0 Å². The van der Waals surface area contributed by atoms with Crippen LogP contribution < -0.4 is 5.73 Å². The van der Waals surface area contributed by atoms with Crippen molar-refractivity contribution in [2.24, 2.45) is 5.92 Å². The second-order valence-corrected chi connectivity index (χ2v) is 7.02. The van der Waals surface area contributed by atoms with Crippen LogP contribution in [0.15, 0.2) is 36.9 Å². The van der Waals surface area contributed by atoms with Crippen molar-refractivity contribution in [2.75, 3.05) is 18.8 Å². The highest BCUT2D eigenvalue weighted by Gasteiger charge is 2.21. The quantitative estimate of drug-likeness (QED) is 0.863. The van der Waals surface area contributed by atoms with Gasteiger partial charge in [-0.05, 0) is 62.1 Å². The van der Waals surface area contributed by atoms with Crippen LogP contribution in [-0.2, 0) is 17.6 Å². The van der Waals surface area contributed by atoms with E-state index in [2.05, 4.69) is 15.0 Å². The summed E-state index contributed by atoms with van der Waals surface area (Å²) >= 11 is 0. The molecule has 6 heteroatoms. The number of rotatable bonds is 6. The Kier molecular flexibility index (Phi) is 6.52. The van der Waals surface area contributed by atoms with Gasteiger partial charge in [0.1, 0.15) is 5.82 Å². The Morgan fingerprint density at radius 1 is 1.15 bits per heavy atom. The van der Waals surface area contributed by atoms with E-state index in [9.17, 15) is 4.79 Å². The molecule has 2 N–H and O–H groups in total. The Balaban J connectivity index is 1.42. The number of hydrogen-bond acceptors (Lipinski definition) is 5. The fraction of sp³-hybridized carbons (Fsp3) is 0.500. The monoisotopic (exact) mass is 353 g/mol. The lowest BCUT2D eigenvalue weighted by atomic mass is 9.95. The van der Waals surface area contributed by atoms with E-state index < -0.39 is 0 Å². The number of aromatic nitrogens is 3. The average Bonchev–Trinajstić information content (AvgIpc) is 2.90. The van der Waals surface area contributed by atoms with Gasteiger partial charge in [0.05, 0.1) is 18.1 Å². The lowest BCUT2D eigenvalue weighted by molar-refractivity contribution is -0.131. The molecule has 2 aromatic rings. The van der Waals surface area contributed by atoms with Crippen molar-refractivity contribution in [3.05, 3.63) is 48.2 Å². The molecular formula is C20H27N5O. The van der Waals surface area contributed by atoms with Gasteiger partial charge in [-0.15, -0.1) is 0 Å². The minimum Gasteiger partial charge on any atom is -0.382 e. The number of nitrogen functional groups attached to an aromatic ring is 1. The van der Waals surface area contributed by atoms with E-state index in [1.165, 1.54) is 5.56 Å². The van der Waals surface area contributed by atoms with Gasteiger partial charge < -0.3 is 10.6 Å². The predicted octanol–water partition coefficient (Wildman–Crippen LogP) is 2.65. The van der Waals surface area contributed by atoms with Crippen molar-refractivity contribution in [2.45, 2.75) is 44.9 Å². The smallest absolute Gasteiger partial charge is 0.222 e. The van der Waals surface area contributed by atoms with Gasteiger partial charge in [-0.2, -0.15) is 0 Å². The first-order valence-corrected chi connectivity index (χ1v) is 9.44. The van der Waals surface area contributed by atoms with Crippen LogP contribution in [0, 0.1) is 5.92 Å². The molecule has 0 aromatic carbocycles. The van der Waals surface area contributed by atoms with Crippen molar-refractivity contribution < 1.29 is 4.79 Å². The van der Waals surface area contributed by atoms with Crippen LogP contribution in [0.2, 0.25) is 0 Å². The maximum Gasteiger partial charge on any atom is 0.222 e. The number of hydrogen-bond donors (Lipinski definition) is 1. The zero-order chi connectivity index (χ0) is 18.2. The normalized spacial score (nSPS) is 17.7. The van der Waals surface area contributed by atoms with Gasteiger partial charge in [0, 0.05) is 31.9 Å². The third kappa shape index (κ3) is 5.51. The Labute approximate surface area is 154 Å². The minimum atomic E-state index is 0.284. The number of anilines is 1. The summed E-state index contributed by atoms with van der Waals surface area (Å²) in [5.41, 5.74) is 7.82. The van der Waals surface area contributed by atoms with Crippen LogP contribution in [0.5, 0.6) is 0 Å². The first-order chi connectivity index (χ1) is 12.7. The van der Waals surface area contributed by atoms with Crippen LogP contribution >= 0.6 is 0 Å². The van der Waals surface area contributed by atoms with E-state index in [1.807, 2.05) is 17.0 Å². The Morgan fingerprint density at radius 2 is 2.00 bits per heavy atom. The molecule has 2 aromatic heterocycles. The first-order valence-electron chi connectivity index (χ1n) is 9.44. The topological polar surface area (TPSA) is 85.0 Å².